The van der Waals surface area contributed by atoms with Crippen LogP contribution in [0.1, 0.15) is 38.6 Å². The molecule has 2 heterocycles. The van der Waals surface area contributed by atoms with E-state index in [1.807, 2.05) is 38.1 Å². The monoisotopic (exact) mass is 386 g/mol. The lowest BCUT2D eigenvalue weighted by Crippen LogP contribution is -2.16. The quantitative estimate of drug-likeness (QED) is 0.647. The molecule has 134 valence electrons. The normalized spacial score (nSPS) is 13.8. The number of ether oxygens (including phenoxy) is 1. The number of nitrogens with one attached hydrogen (secondary N) is 1. The third-order valence-electron chi connectivity index (χ3n) is 4.44. The maximum atomic E-state index is 12.7. The van der Waals surface area contributed by atoms with E-state index < -0.39 is 5.97 Å². The molecule has 1 aromatic carbocycles. The summed E-state index contributed by atoms with van der Waals surface area (Å²) >= 11 is 2.94. The number of thiophene rings is 1. The van der Waals surface area contributed by atoms with Gasteiger partial charge >= 0.3 is 5.97 Å². The standard InChI is InChI=1S/C19H18N2O3S2/c1-10-11(2)25-18(21-17(22)12-7-8-12)16(10)19(23)24-9-15-20-13-5-3-4-6-14(13)26-15/h3-6,12H,7-9H2,1-2H3,(H,21,22). The number of para-hydroxylation sites is 1. The predicted octanol–water partition coefficient (Wildman–Crippen LogP) is 4.68. The van der Waals surface area contributed by atoms with Crippen molar-refractivity contribution in [1.82, 2.24) is 4.98 Å². The van der Waals surface area contributed by atoms with Crippen LogP contribution in [0, 0.1) is 19.8 Å². The number of thiazole rings is 1. The van der Waals surface area contributed by atoms with Crippen LogP contribution in [0.2, 0.25) is 0 Å². The first kappa shape index (κ1) is 17.2. The Morgan fingerprint density at radius 2 is 2.00 bits per heavy atom. The van der Waals surface area contributed by atoms with E-state index >= 15 is 0 Å². The van der Waals surface area contributed by atoms with Crippen molar-refractivity contribution in [3.8, 4) is 0 Å². The van der Waals surface area contributed by atoms with Gasteiger partial charge in [-0.1, -0.05) is 12.1 Å². The Labute approximate surface area is 159 Å². The Morgan fingerprint density at radius 1 is 1.23 bits per heavy atom. The minimum atomic E-state index is -0.419. The first-order valence-electron chi connectivity index (χ1n) is 8.45. The van der Waals surface area contributed by atoms with Gasteiger partial charge in [-0.3, -0.25) is 4.79 Å². The molecule has 26 heavy (non-hydrogen) atoms. The minimum Gasteiger partial charge on any atom is -0.455 e. The fraction of sp³-hybridized carbons (Fsp3) is 0.316. The van der Waals surface area contributed by atoms with Gasteiger partial charge in [0.15, 0.2) is 0 Å². The van der Waals surface area contributed by atoms with E-state index in [4.69, 9.17) is 4.74 Å². The summed E-state index contributed by atoms with van der Waals surface area (Å²) in [4.78, 5) is 30.2. The van der Waals surface area contributed by atoms with E-state index in [9.17, 15) is 9.59 Å². The molecule has 1 amide bonds. The lowest BCUT2D eigenvalue weighted by Gasteiger charge is -2.07. The van der Waals surface area contributed by atoms with Crippen LogP contribution < -0.4 is 5.32 Å². The summed E-state index contributed by atoms with van der Waals surface area (Å²) in [5.41, 5.74) is 2.22. The molecule has 2 aromatic heterocycles. The van der Waals surface area contributed by atoms with Gasteiger partial charge in [0.2, 0.25) is 5.91 Å². The maximum absolute atomic E-state index is 12.7. The second-order valence-electron chi connectivity index (χ2n) is 6.40. The van der Waals surface area contributed by atoms with E-state index in [1.54, 1.807) is 0 Å². The van der Waals surface area contributed by atoms with E-state index in [1.165, 1.54) is 22.7 Å². The van der Waals surface area contributed by atoms with Crippen LogP contribution in [0.15, 0.2) is 24.3 Å². The fourth-order valence-electron chi connectivity index (χ4n) is 2.70. The number of carbonyl (C=O) groups is 2. The van der Waals surface area contributed by atoms with Crippen LogP contribution in [0.3, 0.4) is 0 Å². The zero-order valence-corrected chi connectivity index (χ0v) is 16.1. The summed E-state index contributed by atoms with van der Waals surface area (Å²) < 4.78 is 6.57. The zero-order valence-electron chi connectivity index (χ0n) is 14.5. The number of aromatic nitrogens is 1. The Morgan fingerprint density at radius 3 is 2.73 bits per heavy atom. The third kappa shape index (κ3) is 3.37. The molecular formula is C19H18N2O3S2. The van der Waals surface area contributed by atoms with Crippen LogP contribution in [-0.4, -0.2) is 16.9 Å². The number of aryl methyl sites for hydroxylation is 1. The highest BCUT2D eigenvalue weighted by atomic mass is 32.1. The molecule has 0 aliphatic heterocycles. The highest BCUT2D eigenvalue weighted by Crippen LogP contribution is 2.36. The molecule has 0 saturated heterocycles. The predicted molar refractivity (Wildman–Crippen MR) is 104 cm³/mol. The molecule has 4 rings (SSSR count). The molecule has 0 unspecified atom stereocenters. The van der Waals surface area contributed by atoms with Crippen LogP contribution in [0.4, 0.5) is 5.00 Å². The number of esters is 1. The Hall–Kier alpha value is -2.25. The zero-order chi connectivity index (χ0) is 18.3. The van der Waals surface area contributed by atoms with Crippen LogP contribution >= 0.6 is 22.7 Å². The summed E-state index contributed by atoms with van der Waals surface area (Å²) in [5, 5.41) is 4.25. The third-order valence-corrected chi connectivity index (χ3v) is 6.57. The molecule has 0 bridgehead atoms. The van der Waals surface area contributed by atoms with Crippen molar-refractivity contribution >= 4 is 49.8 Å². The average molecular weight is 386 g/mol. The van der Waals surface area contributed by atoms with Crippen molar-refractivity contribution < 1.29 is 14.3 Å². The highest BCUT2D eigenvalue weighted by Gasteiger charge is 2.31. The van der Waals surface area contributed by atoms with Crippen molar-refractivity contribution in [2.24, 2.45) is 5.92 Å². The molecule has 1 N–H and O–H groups in total. The number of hydrogen-bond acceptors (Lipinski definition) is 6. The van der Waals surface area contributed by atoms with Gasteiger partial charge in [0.1, 0.15) is 16.6 Å². The lowest BCUT2D eigenvalue weighted by atomic mass is 10.1. The van der Waals surface area contributed by atoms with E-state index in [2.05, 4.69) is 10.3 Å². The van der Waals surface area contributed by atoms with Crippen molar-refractivity contribution in [2.45, 2.75) is 33.3 Å². The molecule has 1 aliphatic carbocycles. The Bertz CT molecular complexity index is 969. The van der Waals surface area contributed by atoms with Crippen LogP contribution in [-0.2, 0) is 16.1 Å². The molecular weight excluding hydrogens is 368 g/mol. The number of benzene rings is 1. The second kappa shape index (κ2) is 6.81. The maximum Gasteiger partial charge on any atom is 0.341 e. The summed E-state index contributed by atoms with van der Waals surface area (Å²) in [6, 6.07) is 7.83. The molecule has 0 radical (unpaired) electrons. The molecule has 1 saturated carbocycles. The average Bonchev–Trinajstić information content (AvgIpc) is 3.33. The molecule has 1 aliphatic rings. The van der Waals surface area contributed by atoms with Gasteiger partial charge in [0.05, 0.1) is 15.8 Å². The van der Waals surface area contributed by atoms with Gasteiger partial charge in [0.25, 0.3) is 0 Å². The Kier molecular flexibility index (Phi) is 4.50. The molecule has 0 spiro atoms. The summed E-state index contributed by atoms with van der Waals surface area (Å²) in [6.07, 6.45) is 1.85. The first-order chi connectivity index (χ1) is 12.5. The molecule has 5 nitrogen and oxygen atoms in total. The fourth-order valence-corrected chi connectivity index (χ4v) is 4.63. The van der Waals surface area contributed by atoms with E-state index in [-0.39, 0.29) is 18.4 Å². The van der Waals surface area contributed by atoms with E-state index in [0.717, 1.165) is 38.5 Å². The Balaban J connectivity index is 1.50. The number of anilines is 1. The summed E-state index contributed by atoms with van der Waals surface area (Å²) in [7, 11) is 0. The minimum absolute atomic E-state index is 0.00790. The number of fused-ring (bicyclic) bond motifs is 1. The number of hydrogen-bond donors (Lipinski definition) is 1. The van der Waals surface area contributed by atoms with Crippen molar-refractivity contribution in [2.75, 3.05) is 5.32 Å². The lowest BCUT2D eigenvalue weighted by molar-refractivity contribution is -0.117. The molecule has 7 heteroatoms. The number of rotatable bonds is 5. The van der Waals surface area contributed by atoms with Gasteiger partial charge in [-0.25, -0.2) is 9.78 Å². The molecule has 3 aromatic rings. The summed E-state index contributed by atoms with van der Waals surface area (Å²) in [5.74, 6) is -0.340. The van der Waals surface area contributed by atoms with Gasteiger partial charge in [0, 0.05) is 10.8 Å². The highest BCUT2D eigenvalue weighted by molar-refractivity contribution is 7.18. The number of nitrogens with zero attached hydrogens (tertiary/aromatic N) is 1. The van der Waals surface area contributed by atoms with Gasteiger partial charge < -0.3 is 10.1 Å². The van der Waals surface area contributed by atoms with Crippen molar-refractivity contribution in [3.05, 3.63) is 45.3 Å². The van der Waals surface area contributed by atoms with Gasteiger partial charge in [-0.05, 0) is 44.4 Å². The van der Waals surface area contributed by atoms with Gasteiger partial charge in [-0.15, -0.1) is 22.7 Å². The summed E-state index contributed by atoms with van der Waals surface area (Å²) in [6.45, 7) is 3.95. The topological polar surface area (TPSA) is 68.3 Å². The van der Waals surface area contributed by atoms with Crippen molar-refractivity contribution in [3.63, 3.8) is 0 Å². The van der Waals surface area contributed by atoms with Crippen LogP contribution in [0.5, 0.6) is 0 Å². The molecule has 0 atom stereocenters. The number of carbonyl (C=O) groups excluding carboxylic acids is 2. The van der Waals surface area contributed by atoms with Crippen LogP contribution in [0.25, 0.3) is 10.2 Å². The van der Waals surface area contributed by atoms with Crippen molar-refractivity contribution in [1.29, 1.82) is 0 Å². The van der Waals surface area contributed by atoms with Gasteiger partial charge in [-0.2, -0.15) is 0 Å². The first-order valence-corrected chi connectivity index (χ1v) is 10.1. The molecule has 1 fully saturated rings. The van der Waals surface area contributed by atoms with E-state index in [0.29, 0.717) is 10.6 Å². The largest absolute Gasteiger partial charge is 0.455 e. The second-order valence-corrected chi connectivity index (χ2v) is 8.74. The number of amides is 1. The smallest absolute Gasteiger partial charge is 0.341 e. The SMILES string of the molecule is Cc1sc(NC(=O)C2CC2)c(C(=O)OCc2nc3ccccc3s2)c1C.